The summed E-state index contributed by atoms with van der Waals surface area (Å²) in [4.78, 5) is 10.9. The number of carboxylic acid groups (broad SMARTS) is 1. The standard InChI is InChI=1S/C11H7Cl2FO3/c12-5-1-8(13)6-3-7(11(15)16)10(4-14)17-9(6)2-5/h1-3,10H,4H2,(H,15,16). The van der Waals surface area contributed by atoms with Crippen molar-refractivity contribution in [3.63, 3.8) is 0 Å². The summed E-state index contributed by atoms with van der Waals surface area (Å²) in [5.41, 5.74) is 0.238. The molecule has 1 unspecified atom stereocenters. The number of hydrogen-bond donors (Lipinski definition) is 1. The lowest BCUT2D eigenvalue weighted by Gasteiger charge is -2.23. The topological polar surface area (TPSA) is 46.5 Å². The van der Waals surface area contributed by atoms with Gasteiger partial charge in [0.2, 0.25) is 0 Å². The molecule has 1 aromatic rings. The van der Waals surface area contributed by atoms with E-state index in [1.807, 2.05) is 0 Å². The van der Waals surface area contributed by atoms with E-state index in [4.69, 9.17) is 33.0 Å². The maximum absolute atomic E-state index is 12.7. The largest absolute Gasteiger partial charge is 0.482 e. The smallest absolute Gasteiger partial charge is 0.335 e. The zero-order valence-electron chi connectivity index (χ0n) is 8.41. The van der Waals surface area contributed by atoms with Crippen molar-refractivity contribution < 1.29 is 19.0 Å². The fourth-order valence-electron chi connectivity index (χ4n) is 1.58. The van der Waals surface area contributed by atoms with Crippen LogP contribution in [0.5, 0.6) is 5.75 Å². The van der Waals surface area contributed by atoms with Gasteiger partial charge in [-0.15, -0.1) is 0 Å². The fourth-order valence-corrected chi connectivity index (χ4v) is 2.11. The van der Waals surface area contributed by atoms with Gasteiger partial charge in [0.1, 0.15) is 12.4 Å². The third kappa shape index (κ3) is 2.23. The molecule has 1 heterocycles. The molecule has 0 spiro atoms. The molecule has 6 heteroatoms. The normalized spacial score (nSPS) is 18.1. The third-order valence-corrected chi connectivity index (χ3v) is 2.89. The van der Waals surface area contributed by atoms with Crippen LogP contribution in [0.2, 0.25) is 10.0 Å². The van der Waals surface area contributed by atoms with Crippen molar-refractivity contribution in [1.82, 2.24) is 0 Å². The van der Waals surface area contributed by atoms with Crippen LogP contribution >= 0.6 is 23.2 Å². The highest BCUT2D eigenvalue weighted by Crippen LogP contribution is 2.37. The quantitative estimate of drug-likeness (QED) is 0.903. The number of carboxylic acids is 1. The second kappa shape index (κ2) is 4.55. The van der Waals surface area contributed by atoms with Crippen molar-refractivity contribution in [3.8, 4) is 5.75 Å². The Bertz CT molecular complexity index is 514. The Morgan fingerprint density at radius 2 is 2.18 bits per heavy atom. The van der Waals surface area contributed by atoms with Gasteiger partial charge in [0.05, 0.1) is 10.6 Å². The van der Waals surface area contributed by atoms with Crippen molar-refractivity contribution in [2.45, 2.75) is 6.10 Å². The average molecular weight is 277 g/mol. The molecular formula is C11H7Cl2FO3. The summed E-state index contributed by atoms with van der Waals surface area (Å²) >= 11 is 11.7. The third-order valence-electron chi connectivity index (χ3n) is 2.36. The SMILES string of the molecule is O=C(O)C1=Cc2c(Cl)cc(Cl)cc2OC1CF. The second-order valence-corrected chi connectivity index (χ2v) is 4.31. The van der Waals surface area contributed by atoms with Gasteiger partial charge in [0.15, 0.2) is 6.10 Å². The molecule has 90 valence electrons. The van der Waals surface area contributed by atoms with E-state index in [9.17, 15) is 9.18 Å². The van der Waals surface area contributed by atoms with Crippen molar-refractivity contribution in [3.05, 3.63) is 33.3 Å². The highest BCUT2D eigenvalue weighted by Gasteiger charge is 2.28. The number of carbonyl (C=O) groups is 1. The summed E-state index contributed by atoms with van der Waals surface area (Å²) in [6, 6.07) is 2.94. The molecule has 1 aliphatic rings. The Balaban J connectivity index is 2.57. The van der Waals surface area contributed by atoms with E-state index in [2.05, 4.69) is 0 Å². The molecule has 2 rings (SSSR count). The molecule has 0 aliphatic carbocycles. The van der Waals surface area contributed by atoms with Crippen molar-refractivity contribution >= 4 is 35.2 Å². The molecule has 3 nitrogen and oxygen atoms in total. The number of alkyl halides is 1. The van der Waals surface area contributed by atoms with E-state index in [1.54, 1.807) is 0 Å². The molecule has 0 aromatic heterocycles. The van der Waals surface area contributed by atoms with Crippen LogP contribution in [-0.4, -0.2) is 23.9 Å². The van der Waals surface area contributed by atoms with Gasteiger partial charge < -0.3 is 9.84 Å². The van der Waals surface area contributed by atoms with E-state index < -0.39 is 18.7 Å². The van der Waals surface area contributed by atoms with Crippen LogP contribution in [0.3, 0.4) is 0 Å². The van der Waals surface area contributed by atoms with Gasteiger partial charge in [-0.05, 0) is 18.2 Å². The molecule has 0 radical (unpaired) electrons. The first-order valence-electron chi connectivity index (χ1n) is 4.69. The number of halogens is 3. The van der Waals surface area contributed by atoms with Gasteiger partial charge >= 0.3 is 5.97 Å². The first-order chi connectivity index (χ1) is 8.02. The number of fused-ring (bicyclic) bond motifs is 1. The molecule has 0 bridgehead atoms. The number of ether oxygens (including phenoxy) is 1. The molecular weight excluding hydrogens is 270 g/mol. The monoisotopic (exact) mass is 276 g/mol. The van der Waals surface area contributed by atoms with E-state index >= 15 is 0 Å². The first kappa shape index (κ1) is 12.2. The summed E-state index contributed by atoms with van der Waals surface area (Å²) in [7, 11) is 0. The summed E-state index contributed by atoms with van der Waals surface area (Å²) in [6.45, 7) is -0.929. The number of aliphatic carboxylic acids is 1. The van der Waals surface area contributed by atoms with Crippen LogP contribution in [0.4, 0.5) is 4.39 Å². The van der Waals surface area contributed by atoms with Crippen LogP contribution in [-0.2, 0) is 4.79 Å². The zero-order chi connectivity index (χ0) is 12.6. The van der Waals surface area contributed by atoms with Gasteiger partial charge in [-0.2, -0.15) is 0 Å². The predicted octanol–water partition coefficient (Wildman–Crippen LogP) is 3.19. The van der Waals surface area contributed by atoms with E-state index in [0.29, 0.717) is 10.6 Å². The van der Waals surface area contributed by atoms with Crippen molar-refractivity contribution in [2.24, 2.45) is 0 Å². The summed E-state index contributed by atoms with van der Waals surface area (Å²) in [5.74, 6) is -0.945. The molecule has 0 amide bonds. The van der Waals surface area contributed by atoms with Gasteiger partial charge in [-0.1, -0.05) is 23.2 Å². The first-order valence-corrected chi connectivity index (χ1v) is 5.45. The van der Waals surface area contributed by atoms with Crippen LogP contribution in [0.15, 0.2) is 17.7 Å². The molecule has 0 fully saturated rings. The van der Waals surface area contributed by atoms with Gasteiger partial charge in [-0.3, -0.25) is 0 Å². The molecule has 0 saturated heterocycles. The minimum atomic E-state index is -1.23. The fraction of sp³-hybridized carbons (Fsp3) is 0.182. The van der Waals surface area contributed by atoms with E-state index in [0.717, 1.165) is 0 Å². The molecule has 1 atom stereocenters. The Labute approximate surface area is 106 Å². The number of hydrogen-bond acceptors (Lipinski definition) is 2. The predicted molar refractivity (Wildman–Crippen MR) is 62.5 cm³/mol. The van der Waals surface area contributed by atoms with Gasteiger partial charge in [0, 0.05) is 10.6 Å². The maximum atomic E-state index is 12.7. The lowest BCUT2D eigenvalue weighted by atomic mass is 10.0. The lowest BCUT2D eigenvalue weighted by Crippen LogP contribution is -2.29. The molecule has 1 aromatic carbocycles. The Morgan fingerprint density at radius 3 is 2.76 bits per heavy atom. The summed E-state index contributed by atoms with van der Waals surface area (Å²) in [6.07, 6.45) is 0.180. The van der Waals surface area contributed by atoms with Crippen LogP contribution in [0.25, 0.3) is 6.08 Å². The van der Waals surface area contributed by atoms with E-state index in [1.165, 1.54) is 18.2 Å². The molecule has 1 N–H and O–H groups in total. The summed E-state index contributed by atoms with van der Waals surface area (Å²) < 4.78 is 17.9. The zero-order valence-corrected chi connectivity index (χ0v) is 9.93. The molecule has 0 saturated carbocycles. The lowest BCUT2D eigenvalue weighted by molar-refractivity contribution is -0.133. The van der Waals surface area contributed by atoms with Gasteiger partial charge in [-0.25, -0.2) is 9.18 Å². The minimum Gasteiger partial charge on any atom is -0.482 e. The highest BCUT2D eigenvalue weighted by atomic mass is 35.5. The van der Waals surface area contributed by atoms with Crippen molar-refractivity contribution in [2.75, 3.05) is 6.67 Å². The van der Waals surface area contributed by atoms with Crippen LogP contribution in [0, 0.1) is 0 Å². The summed E-state index contributed by atoms with van der Waals surface area (Å²) in [5, 5.41) is 9.54. The Kier molecular flexibility index (Phi) is 3.26. The van der Waals surface area contributed by atoms with Crippen LogP contribution in [0.1, 0.15) is 5.56 Å². The second-order valence-electron chi connectivity index (χ2n) is 3.47. The Morgan fingerprint density at radius 1 is 1.47 bits per heavy atom. The van der Waals surface area contributed by atoms with Crippen molar-refractivity contribution in [1.29, 1.82) is 0 Å². The number of rotatable bonds is 2. The highest BCUT2D eigenvalue weighted by molar-refractivity contribution is 6.36. The average Bonchev–Trinajstić information content (AvgIpc) is 2.26. The molecule has 1 aliphatic heterocycles. The van der Waals surface area contributed by atoms with E-state index in [-0.39, 0.29) is 16.3 Å². The number of benzene rings is 1. The van der Waals surface area contributed by atoms with Crippen LogP contribution < -0.4 is 4.74 Å². The maximum Gasteiger partial charge on any atom is 0.335 e. The Hall–Kier alpha value is -1.26. The molecule has 17 heavy (non-hydrogen) atoms. The van der Waals surface area contributed by atoms with Gasteiger partial charge in [0.25, 0.3) is 0 Å². The minimum absolute atomic E-state index is 0.163.